The third-order valence-corrected chi connectivity index (χ3v) is 13.1. The molecule has 2 unspecified atom stereocenters. The van der Waals surface area contributed by atoms with Gasteiger partial charge in [-0.3, -0.25) is 0 Å². The van der Waals surface area contributed by atoms with Crippen LogP contribution in [0.25, 0.3) is 10.0 Å². The first-order valence-electron chi connectivity index (χ1n) is 22.6. The number of hydrogen-bond acceptors (Lipinski definition) is 4. The van der Waals surface area contributed by atoms with Crippen molar-refractivity contribution in [2.75, 3.05) is 0 Å². The first kappa shape index (κ1) is 45.4. The van der Waals surface area contributed by atoms with Gasteiger partial charge in [0.15, 0.2) is 10.0 Å². The highest BCUT2D eigenvalue weighted by Crippen LogP contribution is 2.32. The molecule has 0 aliphatic carbocycles. The predicted molar refractivity (Wildman–Crippen MR) is 228 cm³/mol. The molecule has 0 aliphatic heterocycles. The topological polar surface area (TPSA) is 25.8 Å². The summed E-state index contributed by atoms with van der Waals surface area (Å²) in [7, 11) is 0. The van der Waals surface area contributed by atoms with E-state index in [1.807, 2.05) is 22.7 Å². The summed E-state index contributed by atoms with van der Waals surface area (Å²) in [6, 6.07) is 0. The van der Waals surface area contributed by atoms with Crippen LogP contribution in [0.4, 0.5) is 0 Å². The quantitative estimate of drug-likeness (QED) is 0.0647. The van der Waals surface area contributed by atoms with Crippen molar-refractivity contribution in [3.05, 3.63) is 22.1 Å². The second kappa shape index (κ2) is 32.9. The van der Waals surface area contributed by atoms with Gasteiger partial charge in [0.25, 0.3) is 0 Å². The van der Waals surface area contributed by atoms with E-state index in [1.165, 1.54) is 230 Å². The fraction of sp³-hybridized carbons (Fsp3) is 0.870. The summed E-state index contributed by atoms with van der Waals surface area (Å²) >= 11 is 3.68. The zero-order valence-corrected chi connectivity index (χ0v) is 35.7. The van der Waals surface area contributed by atoms with Crippen LogP contribution >= 0.6 is 22.7 Å². The normalized spacial score (nSPS) is 13.0. The molecule has 2 heterocycles. The Kier molecular flexibility index (Phi) is 29.9. The van der Waals surface area contributed by atoms with Crippen LogP contribution in [0.15, 0.2) is 10.8 Å². The number of thiazole rings is 2. The fourth-order valence-electron chi connectivity index (χ4n) is 7.85. The molecule has 2 nitrogen and oxygen atoms in total. The lowest BCUT2D eigenvalue weighted by Gasteiger charge is -2.16. The Balaban J connectivity index is 1.89. The molecule has 0 aromatic carbocycles. The van der Waals surface area contributed by atoms with Gasteiger partial charge in [-0.05, 0) is 24.7 Å². The first-order valence-corrected chi connectivity index (χ1v) is 24.3. The number of aromatic nitrogens is 2. The molecule has 0 spiro atoms. The van der Waals surface area contributed by atoms with E-state index in [4.69, 9.17) is 9.97 Å². The molecule has 2 atom stereocenters. The Labute approximate surface area is 321 Å². The third kappa shape index (κ3) is 23.7. The highest BCUT2D eigenvalue weighted by molar-refractivity contribution is 7.19. The van der Waals surface area contributed by atoms with E-state index in [9.17, 15) is 0 Å². The zero-order chi connectivity index (χ0) is 35.7. The van der Waals surface area contributed by atoms with Crippen LogP contribution in [0, 0.1) is 11.8 Å². The summed E-state index contributed by atoms with van der Waals surface area (Å²) in [6.07, 6.45) is 47.3. The molecule has 0 saturated heterocycles. The van der Waals surface area contributed by atoms with Gasteiger partial charge in [0.2, 0.25) is 0 Å². The van der Waals surface area contributed by atoms with Crippen molar-refractivity contribution in [2.45, 2.75) is 246 Å². The minimum Gasteiger partial charge on any atom is -0.239 e. The van der Waals surface area contributed by atoms with E-state index in [-0.39, 0.29) is 0 Å². The molecule has 0 amide bonds. The molecule has 50 heavy (non-hydrogen) atoms. The van der Waals surface area contributed by atoms with Crippen molar-refractivity contribution < 1.29 is 0 Å². The number of nitrogens with zero attached hydrogens (tertiary/aromatic N) is 2. The van der Waals surface area contributed by atoms with Crippen LogP contribution in [0.1, 0.15) is 245 Å². The summed E-state index contributed by atoms with van der Waals surface area (Å²) in [6.45, 7) is 9.27. The van der Waals surface area contributed by atoms with Gasteiger partial charge in [-0.2, -0.15) is 0 Å². The first-order chi connectivity index (χ1) is 24.7. The Bertz CT molecular complexity index is 902. The van der Waals surface area contributed by atoms with Gasteiger partial charge in [-0.1, -0.05) is 233 Å². The van der Waals surface area contributed by atoms with Crippen LogP contribution in [0.3, 0.4) is 0 Å². The molecule has 2 rings (SSSR count). The lowest BCUT2D eigenvalue weighted by molar-refractivity contribution is 0.398. The van der Waals surface area contributed by atoms with E-state index in [0.29, 0.717) is 0 Å². The standard InChI is InChI=1S/C46H84N2S2/c1-5-9-13-17-21-23-27-31-35-41(33-29-25-19-15-11-7-3)37-43-39-49-45(47-43)46-48-44(40-50-46)38-42(34-30-26-20-16-12-8-4)36-32-28-24-22-18-14-10-6-2/h39-42H,5-38H2,1-4H3. The highest BCUT2D eigenvalue weighted by Gasteiger charge is 2.17. The molecule has 0 radical (unpaired) electrons. The molecule has 0 bridgehead atoms. The van der Waals surface area contributed by atoms with Crippen molar-refractivity contribution >= 4 is 22.7 Å². The maximum absolute atomic E-state index is 5.22. The van der Waals surface area contributed by atoms with E-state index in [1.54, 1.807) is 0 Å². The Hall–Kier alpha value is -0.740. The Morgan fingerprint density at radius 3 is 0.860 bits per heavy atom. The maximum atomic E-state index is 5.22. The van der Waals surface area contributed by atoms with Crippen LogP contribution in [0.2, 0.25) is 0 Å². The summed E-state index contributed by atoms with van der Waals surface area (Å²) in [5.74, 6) is 1.59. The average Bonchev–Trinajstić information content (AvgIpc) is 3.79. The molecule has 0 saturated carbocycles. The van der Waals surface area contributed by atoms with Crippen LogP contribution < -0.4 is 0 Å². The molecular formula is C46H84N2S2. The molecule has 0 fully saturated rings. The number of hydrogen-bond donors (Lipinski definition) is 0. The second-order valence-electron chi connectivity index (χ2n) is 16.1. The summed E-state index contributed by atoms with van der Waals surface area (Å²) in [5.41, 5.74) is 2.65. The SMILES string of the molecule is CCCCCCCCCCC(CCCCCCCC)Cc1csc(-c2nc(CC(CCCCCCCC)CCCCCCCCCC)cs2)n1. The van der Waals surface area contributed by atoms with Crippen molar-refractivity contribution in [2.24, 2.45) is 11.8 Å². The van der Waals surface area contributed by atoms with Gasteiger partial charge >= 0.3 is 0 Å². The van der Waals surface area contributed by atoms with Gasteiger partial charge in [0, 0.05) is 10.8 Å². The number of rotatable bonds is 37. The van der Waals surface area contributed by atoms with Crippen molar-refractivity contribution in [3.63, 3.8) is 0 Å². The van der Waals surface area contributed by atoms with Gasteiger partial charge in [0.05, 0.1) is 11.4 Å². The van der Waals surface area contributed by atoms with Gasteiger partial charge < -0.3 is 0 Å². The third-order valence-electron chi connectivity index (χ3n) is 11.1. The minimum atomic E-state index is 0.794. The predicted octanol–water partition coefficient (Wildman–Crippen LogP) is 17.1. The van der Waals surface area contributed by atoms with Gasteiger partial charge in [0.1, 0.15) is 0 Å². The minimum absolute atomic E-state index is 0.794. The van der Waals surface area contributed by atoms with Crippen molar-refractivity contribution in [3.8, 4) is 10.0 Å². The fourth-order valence-corrected chi connectivity index (χ4v) is 9.56. The molecular weight excluding hydrogens is 645 g/mol. The Morgan fingerprint density at radius 1 is 0.360 bits per heavy atom. The summed E-state index contributed by atoms with van der Waals surface area (Å²) in [5, 5.41) is 7.05. The largest absolute Gasteiger partial charge is 0.239 e. The lowest BCUT2D eigenvalue weighted by Crippen LogP contribution is -2.06. The Morgan fingerprint density at radius 2 is 0.600 bits per heavy atom. The molecule has 2 aromatic heterocycles. The highest BCUT2D eigenvalue weighted by atomic mass is 32.1. The van der Waals surface area contributed by atoms with E-state index >= 15 is 0 Å². The maximum Gasteiger partial charge on any atom is 0.152 e. The molecule has 290 valence electrons. The molecule has 0 aliphatic rings. The van der Waals surface area contributed by atoms with Gasteiger partial charge in [-0.25, -0.2) is 9.97 Å². The second-order valence-corrected chi connectivity index (χ2v) is 17.8. The van der Waals surface area contributed by atoms with E-state index in [2.05, 4.69) is 38.5 Å². The van der Waals surface area contributed by atoms with Crippen molar-refractivity contribution in [1.82, 2.24) is 9.97 Å². The van der Waals surface area contributed by atoms with Crippen LogP contribution in [-0.4, -0.2) is 9.97 Å². The smallest absolute Gasteiger partial charge is 0.152 e. The average molecular weight is 729 g/mol. The van der Waals surface area contributed by atoms with E-state index in [0.717, 1.165) is 21.9 Å². The molecule has 0 N–H and O–H groups in total. The molecule has 4 heteroatoms. The van der Waals surface area contributed by atoms with Gasteiger partial charge in [-0.15, -0.1) is 22.7 Å². The zero-order valence-electron chi connectivity index (χ0n) is 34.1. The monoisotopic (exact) mass is 729 g/mol. The summed E-state index contributed by atoms with van der Waals surface area (Å²) < 4.78 is 0. The van der Waals surface area contributed by atoms with E-state index < -0.39 is 0 Å². The lowest BCUT2D eigenvalue weighted by atomic mass is 9.90. The van der Waals surface area contributed by atoms with Crippen LogP contribution in [0.5, 0.6) is 0 Å². The molecule has 2 aromatic rings. The summed E-state index contributed by atoms with van der Waals surface area (Å²) in [4.78, 5) is 10.4. The number of unbranched alkanes of at least 4 members (excludes halogenated alkanes) is 24. The van der Waals surface area contributed by atoms with Crippen molar-refractivity contribution in [1.29, 1.82) is 0 Å². The van der Waals surface area contributed by atoms with Crippen LogP contribution in [-0.2, 0) is 12.8 Å².